The van der Waals surface area contributed by atoms with Gasteiger partial charge in [0.15, 0.2) is 0 Å². The summed E-state index contributed by atoms with van der Waals surface area (Å²) in [7, 11) is 0. The van der Waals surface area contributed by atoms with Crippen LogP contribution in [0.4, 0.5) is 4.79 Å². The first-order chi connectivity index (χ1) is 8.68. The molecule has 0 aromatic rings. The molecule has 1 fully saturated rings. The minimum Gasteiger partial charge on any atom is -0.444 e. The van der Waals surface area contributed by atoms with E-state index in [-0.39, 0.29) is 6.09 Å². The van der Waals surface area contributed by atoms with Gasteiger partial charge in [0.05, 0.1) is 0 Å². The third-order valence-electron chi connectivity index (χ3n) is 3.42. The molecule has 0 aliphatic heterocycles. The standard InChI is InChI=1S/C15H30N2O2/c1-14(2,3)19-13(18)17-10-6-9-16-12-7-8-15(4,5)11-12/h12,16H,6-11H2,1-5H3,(H,17,18). The number of nitrogens with one attached hydrogen (secondary N) is 2. The minimum atomic E-state index is -0.419. The highest BCUT2D eigenvalue weighted by atomic mass is 16.6. The lowest BCUT2D eigenvalue weighted by atomic mass is 9.92. The maximum absolute atomic E-state index is 11.4. The van der Waals surface area contributed by atoms with Gasteiger partial charge in [-0.1, -0.05) is 13.8 Å². The van der Waals surface area contributed by atoms with Gasteiger partial charge in [0, 0.05) is 12.6 Å². The Labute approximate surface area is 117 Å². The molecule has 0 aromatic carbocycles. The molecule has 112 valence electrons. The van der Waals surface area contributed by atoms with Crippen molar-refractivity contribution in [1.29, 1.82) is 0 Å². The fourth-order valence-corrected chi connectivity index (χ4v) is 2.51. The second kappa shape index (κ2) is 6.60. The molecule has 1 unspecified atom stereocenters. The Morgan fingerprint density at radius 2 is 2.00 bits per heavy atom. The summed E-state index contributed by atoms with van der Waals surface area (Å²) >= 11 is 0. The molecule has 0 radical (unpaired) electrons. The van der Waals surface area contributed by atoms with Crippen molar-refractivity contribution in [2.45, 2.75) is 71.9 Å². The topological polar surface area (TPSA) is 50.4 Å². The molecule has 4 heteroatoms. The van der Waals surface area contributed by atoms with E-state index in [1.54, 1.807) is 0 Å². The molecule has 2 N–H and O–H groups in total. The van der Waals surface area contributed by atoms with E-state index in [9.17, 15) is 4.79 Å². The number of hydrogen-bond acceptors (Lipinski definition) is 3. The molecule has 0 bridgehead atoms. The van der Waals surface area contributed by atoms with Crippen LogP contribution >= 0.6 is 0 Å². The van der Waals surface area contributed by atoms with E-state index in [2.05, 4.69) is 24.5 Å². The summed E-state index contributed by atoms with van der Waals surface area (Å²) < 4.78 is 5.17. The molecule has 4 nitrogen and oxygen atoms in total. The maximum Gasteiger partial charge on any atom is 0.407 e. The molecule has 1 aliphatic carbocycles. The van der Waals surface area contributed by atoms with E-state index in [4.69, 9.17) is 4.74 Å². The van der Waals surface area contributed by atoms with Crippen molar-refractivity contribution >= 4 is 6.09 Å². The van der Waals surface area contributed by atoms with Crippen molar-refractivity contribution in [2.75, 3.05) is 13.1 Å². The second-order valence-electron chi connectivity index (χ2n) is 7.34. The monoisotopic (exact) mass is 270 g/mol. The van der Waals surface area contributed by atoms with Crippen molar-refractivity contribution < 1.29 is 9.53 Å². The summed E-state index contributed by atoms with van der Waals surface area (Å²) in [5.74, 6) is 0. The molecule has 1 atom stereocenters. The molecule has 19 heavy (non-hydrogen) atoms. The minimum absolute atomic E-state index is 0.325. The van der Waals surface area contributed by atoms with Crippen LogP contribution in [0, 0.1) is 5.41 Å². The molecule has 1 rings (SSSR count). The second-order valence-corrected chi connectivity index (χ2v) is 7.34. The maximum atomic E-state index is 11.4. The Balaban J connectivity index is 2.01. The van der Waals surface area contributed by atoms with Crippen LogP contribution in [-0.4, -0.2) is 30.8 Å². The lowest BCUT2D eigenvalue weighted by Crippen LogP contribution is -2.35. The van der Waals surface area contributed by atoms with Crippen molar-refractivity contribution in [3.8, 4) is 0 Å². The Hall–Kier alpha value is -0.770. The highest BCUT2D eigenvalue weighted by Gasteiger charge is 2.30. The fourth-order valence-electron chi connectivity index (χ4n) is 2.51. The van der Waals surface area contributed by atoms with Gasteiger partial charge < -0.3 is 15.4 Å². The van der Waals surface area contributed by atoms with Crippen LogP contribution in [0.15, 0.2) is 0 Å². The molecule has 1 amide bonds. The van der Waals surface area contributed by atoms with Crippen molar-refractivity contribution in [3.05, 3.63) is 0 Å². The Morgan fingerprint density at radius 3 is 2.53 bits per heavy atom. The lowest BCUT2D eigenvalue weighted by Gasteiger charge is -2.20. The first-order valence-corrected chi connectivity index (χ1v) is 7.38. The molecule has 1 saturated carbocycles. The molecular weight excluding hydrogens is 240 g/mol. The van der Waals surface area contributed by atoms with Crippen LogP contribution in [0.5, 0.6) is 0 Å². The third kappa shape index (κ3) is 7.41. The van der Waals surface area contributed by atoms with Crippen LogP contribution in [0.2, 0.25) is 0 Å². The van der Waals surface area contributed by atoms with Crippen molar-refractivity contribution in [3.63, 3.8) is 0 Å². The summed E-state index contributed by atoms with van der Waals surface area (Å²) in [4.78, 5) is 11.4. The Morgan fingerprint density at radius 1 is 1.32 bits per heavy atom. The largest absolute Gasteiger partial charge is 0.444 e. The summed E-state index contributed by atoms with van der Waals surface area (Å²) in [5.41, 5.74) is 0.0736. The predicted octanol–water partition coefficient (Wildman–Crippen LogP) is 3.07. The molecule has 0 spiro atoms. The number of carbonyl (C=O) groups excluding carboxylic acids is 1. The zero-order valence-corrected chi connectivity index (χ0v) is 13.1. The zero-order chi connectivity index (χ0) is 14.5. The van der Waals surface area contributed by atoms with Gasteiger partial charge in [0.1, 0.15) is 5.60 Å². The highest BCUT2D eigenvalue weighted by Crippen LogP contribution is 2.36. The van der Waals surface area contributed by atoms with Crippen LogP contribution in [0.1, 0.15) is 60.3 Å². The van der Waals surface area contributed by atoms with Crippen LogP contribution in [0.3, 0.4) is 0 Å². The molecule has 0 heterocycles. The Bertz CT molecular complexity index is 295. The van der Waals surface area contributed by atoms with E-state index in [0.717, 1.165) is 13.0 Å². The van der Waals surface area contributed by atoms with Gasteiger partial charge in [0.2, 0.25) is 0 Å². The van der Waals surface area contributed by atoms with Crippen LogP contribution < -0.4 is 10.6 Å². The predicted molar refractivity (Wildman–Crippen MR) is 78.3 cm³/mol. The van der Waals surface area contributed by atoms with Crippen molar-refractivity contribution in [1.82, 2.24) is 10.6 Å². The molecule has 0 saturated heterocycles. The molecular formula is C15H30N2O2. The first-order valence-electron chi connectivity index (χ1n) is 7.38. The summed E-state index contributed by atoms with van der Waals surface area (Å²) in [5, 5.41) is 6.35. The lowest BCUT2D eigenvalue weighted by molar-refractivity contribution is 0.0527. The van der Waals surface area contributed by atoms with Crippen molar-refractivity contribution in [2.24, 2.45) is 5.41 Å². The average Bonchev–Trinajstić information content (AvgIpc) is 2.55. The van der Waals surface area contributed by atoms with E-state index in [0.29, 0.717) is 18.0 Å². The van der Waals surface area contributed by atoms with Gasteiger partial charge in [-0.2, -0.15) is 0 Å². The summed E-state index contributed by atoms with van der Waals surface area (Å²) in [6, 6.07) is 0.650. The SMILES string of the molecule is CC1(C)CCC(NCCCNC(=O)OC(C)(C)C)C1. The normalized spacial score (nSPS) is 22.3. The number of alkyl carbamates (subject to hydrolysis) is 1. The van der Waals surface area contributed by atoms with Gasteiger partial charge in [-0.25, -0.2) is 4.79 Å². The van der Waals surface area contributed by atoms with E-state index < -0.39 is 5.60 Å². The van der Waals surface area contributed by atoms with Crippen LogP contribution in [0.25, 0.3) is 0 Å². The quantitative estimate of drug-likeness (QED) is 0.755. The smallest absolute Gasteiger partial charge is 0.407 e. The number of amides is 1. The zero-order valence-electron chi connectivity index (χ0n) is 13.1. The molecule has 0 aromatic heterocycles. The van der Waals surface area contributed by atoms with Gasteiger partial charge in [0.25, 0.3) is 0 Å². The molecule has 1 aliphatic rings. The Kier molecular flexibility index (Phi) is 5.65. The highest BCUT2D eigenvalue weighted by molar-refractivity contribution is 5.67. The van der Waals surface area contributed by atoms with E-state index in [1.165, 1.54) is 19.3 Å². The first kappa shape index (κ1) is 16.3. The van der Waals surface area contributed by atoms with E-state index in [1.807, 2.05) is 20.8 Å². The number of hydrogen-bond donors (Lipinski definition) is 2. The summed E-state index contributed by atoms with van der Waals surface area (Å²) in [6.07, 6.45) is 4.45. The summed E-state index contributed by atoms with van der Waals surface area (Å²) in [6.45, 7) is 11.9. The number of carbonyl (C=O) groups is 1. The third-order valence-corrected chi connectivity index (χ3v) is 3.42. The van der Waals surface area contributed by atoms with Gasteiger partial charge in [-0.15, -0.1) is 0 Å². The van der Waals surface area contributed by atoms with E-state index >= 15 is 0 Å². The van der Waals surface area contributed by atoms with Gasteiger partial charge in [-0.05, 0) is 58.4 Å². The van der Waals surface area contributed by atoms with Gasteiger partial charge in [-0.3, -0.25) is 0 Å². The van der Waals surface area contributed by atoms with Gasteiger partial charge >= 0.3 is 6.09 Å². The number of rotatable bonds is 5. The van der Waals surface area contributed by atoms with Crippen LogP contribution in [-0.2, 0) is 4.74 Å². The average molecular weight is 270 g/mol. The fraction of sp³-hybridized carbons (Fsp3) is 0.933. The number of ether oxygens (including phenoxy) is 1.